The zero-order valence-corrected chi connectivity index (χ0v) is 15.6. The van der Waals surface area contributed by atoms with Crippen molar-refractivity contribution in [2.24, 2.45) is 11.8 Å². The first kappa shape index (κ1) is 18.4. The Morgan fingerprint density at radius 3 is 2.35 bits per heavy atom. The van der Waals surface area contributed by atoms with Crippen LogP contribution in [0.15, 0.2) is 30.3 Å². The van der Waals surface area contributed by atoms with Crippen molar-refractivity contribution < 1.29 is 14.4 Å². The van der Waals surface area contributed by atoms with Gasteiger partial charge in [0, 0.05) is 52.6 Å². The zero-order valence-electron chi connectivity index (χ0n) is 15.6. The number of nitrogens with zero attached hydrogens (tertiary/aromatic N) is 3. The molecule has 6 heteroatoms. The molecular weight excluding hydrogens is 330 g/mol. The quantitative estimate of drug-likeness (QED) is 0.818. The molecule has 2 fully saturated rings. The Balaban J connectivity index is 1.53. The number of carbonyl (C=O) groups is 3. The Kier molecular flexibility index (Phi) is 5.59. The standard InChI is InChI=1S/C20H27N3O3/c1-21(2)19(25)16-8-10-22(11-9-16)20(26)17-12-18(24)23(14-17)13-15-6-4-3-5-7-15/h3-7,16-17H,8-14H2,1-2H3. The van der Waals surface area contributed by atoms with Gasteiger partial charge in [0.2, 0.25) is 17.7 Å². The van der Waals surface area contributed by atoms with Crippen molar-refractivity contribution in [2.75, 3.05) is 33.7 Å². The van der Waals surface area contributed by atoms with Gasteiger partial charge >= 0.3 is 0 Å². The maximum atomic E-state index is 12.8. The van der Waals surface area contributed by atoms with E-state index >= 15 is 0 Å². The topological polar surface area (TPSA) is 60.9 Å². The molecule has 2 heterocycles. The minimum absolute atomic E-state index is 0.00818. The van der Waals surface area contributed by atoms with Gasteiger partial charge in [-0.2, -0.15) is 0 Å². The van der Waals surface area contributed by atoms with Crippen molar-refractivity contribution in [1.29, 1.82) is 0 Å². The fourth-order valence-corrected chi connectivity index (χ4v) is 3.86. The fraction of sp³-hybridized carbons (Fsp3) is 0.550. The largest absolute Gasteiger partial charge is 0.349 e. The van der Waals surface area contributed by atoms with Crippen molar-refractivity contribution in [3.05, 3.63) is 35.9 Å². The van der Waals surface area contributed by atoms with Gasteiger partial charge in [-0.25, -0.2) is 0 Å². The van der Waals surface area contributed by atoms with E-state index in [-0.39, 0.29) is 29.6 Å². The van der Waals surface area contributed by atoms with Crippen molar-refractivity contribution in [3.63, 3.8) is 0 Å². The van der Waals surface area contributed by atoms with E-state index in [2.05, 4.69) is 0 Å². The second kappa shape index (κ2) is 7.89. The molecule has 1 unspecified atom stereocenters. The molecule has 0 spiro atoms. The van der Waals surface area contributed by atoms with Gasteiger partial charge in [0.25, 0.3) is 0 Å². The van der Waals surface area contributed by atoms with Crippen molar-refractivity contribution >= 4 is 17.7 Å². The van der Waals surface area contributed by atoms with Gasteiger partial charge in [0.1, 0.15) is 0 Å². The summed E-state index contributed by atoms with van der Waals surface area (Å²) in [4.78, 5) is 42.4. The number of hydrogen-bond acceptors (Lipinski definition) is 3. The number of hydrogen-bond donors (Lipinski definition) is 0. The molecule has 0 radical (unpaired) electrons. The van der Waals surface area contributed by atoms with E-state index in [1.807, 2.05) is 35.2 Å². The van der Waals surface area contributed by atoms with E-state index in [0.29, 0.717) is 45.4 Å². The molecule has 0 saturated carbocycles. The minimum atomic E-state index is -0.257. The van der Waals surface area contributed by atoms with E-state index in [1.165, 1.54) is 0 Å². The van der Waals surface area contributed by atoms with Crippen molar-refractivity contribution in [2.45, 2.75) is 25.8 Å². The number of amides is 3. The summed E-state index contributed by atoms with van der Waals surface area (Å²) in [6.45, 7) is 2.25. The molecule has 0 bridgehead atoms. The molecule has 0 aromatic heterocycles. The highest BCUT2D eigenvalue weighted by Crippen LogP contribution is 2.25. The molecule has 0 aliphatic carbocycles. The lowest BCUT2D eigenvalue weighted by molar-refractivity contribution is -0.141. The molecule has 2 aliphatic heterocycles. The monoisotopic (exact) mass is 357 g/mol. The number of piperidine rings is 1. The van der Waals surface area contributed by atoms with Gasteiger partial charge in [-0.1, -0.05) is 30.3 Å². The van der Waals surface area contributed by atoms with Crippen LogP contribution in [0.2, 0.25) is 0 Å². The maximum absolute atomic E-state index is 12.8. The first-order chi connectivity index (χ1) is 12.5. The first-order valence-electron chi connectivity index (χ1n) is 9.27. The average Bonchev–Trinajstić information content (AvgIpc) is 3.02. The lowest BCUT2D eigenvalue weighted by atomic mass is 9.94. The third-order valence-electron chi connectivity index (χ3n) is 5.38. The highest BCUT2D eigenvalue weighted by atomic mass is 16.2. The second-order valence-electron chi connectivity index (χ2n) is 7.49. The predicted octanol–water partition coefficient (Wildman–Crippen LogP) is 1.36. The first-order valence-corrected chi connectivity index (χ1v) is 9.27. The number of benzene rings is 1. The van der Waals surface area contributed by atoms with E-state index in [4.69, 9.17) is 0 Å². The highest BCUT2D eigenvalue weighted by molar-refractivity contribution is 5.89. The van der Waals surface area contributed by atoms with E-state index < -0.39 is 0 Å². The van der Waals surface area contributed by atoms with Gasteiger partial charge in [0.15, 0.2) is 0 Å². The molecule has 0 N–H and O–H groups in total. The van der Waals surface area contributed by atoms with Crippen LogP contribution < -0.4 is 0 Å². The molecule has 26 heavy (non-hydrogen) atoms. The average molecular weight is 357 g/mol. The Morgan fingerprint density at radius 2 is 1.73 bits per heavy atom. The van der Waals surface area contributed by atoms with Crippen LogP contribution in [0.25, 0.3) is 0 Å². The lowest BCUT2D eigenvalue weighted by Crippen LogP contribution is -2.45. The Morgan fingerprint density at radius 1 is 1.08 bits per heavy atom. The molecule has 140 valence electrons. The van der Waals surface area contributed by atoms with Crippen LogP contribution in [0.5, 0.6) is 0 Å². The molecule has 3 amide bonds. The molecular formula is C20H27N3O3. The van der Waals surface area contributed by atoms with Gasteiger partial charge in [-0.05, 0) is 18.4 Å². The summed E-state index contributed by atoms with van der Waals surface area (Å²) in [7, 11) is 3.54. The summed E-state index contributed by atoms with van der Waals surface area (Å²) in [6, 6.07) is 9.85. The SMILES string of the molecule is CN(C)C(=O)C1CCN(C(=O)C2CC(=O)N(Cc3ccccc3)C2)CC1. The van der Waals surface area contributed by atoms with Crippen LogP contribution in [-0.2, 0) is 20.9 Å². The lowest BCUT2D eigenvalue weighted by Gasteiger charge is -2.33. The summed E-state index contributed by atoms with van der Waals surface area (Å²) >= 11 is 0. The Bertz CT molecular complexity index is 666. The van der Waals surface area contributed by atoms with Gasteiger partial charge in [-0.3, -0.25) is 14.4 Å². The second-order valence-corrected chi connectivity index (χ2v) is 7.49. The van der Waals surface area contributed by atoms with Crippen molar-refractivity contribution in [1.82, 2.24) is 14.7 Å². The summed E-state index contributed by atoms with van der Waals surface area (Å²) < 4.78 is 0. The van der Waals surface area contributed by atoms with Crippen LogP contribution in [0.3, 0.4) is 0 Å². The van der Waals surface area contributed by atoms with Crippen LogP contribution in [-0.4, -0.2) is 66.2 Å². The molecule has 1 aromatic carbocycles. The number of likely N-dealkylation sites (tertiary alicyclic amines) is 2. The molecule has 2 saturated heterocycles. The summed E-state index contributed by atoms with van der Waals surface area (Å²) in [6.07, 6.45) is 1.70. The third kappa shape index (κ3) is 4.06. The summed E-state index contributed by atoms with van der Waals surface area (Å²) in [5, 5.41) is 0. The third-order valence-corrected chi connectivity index (χ3v) is 5.38. The summed E-state index contributed by atoms with van der Waals surface area (Å²) in [5.74, 6) is -0.00197. The molecule has 2 aliphatic rings. The highest BCUT2D eigenvalue weighted by Gasteiger charge is 2.38. The van der Waals surface area contributed by atoms with Crippen LogP contribution in [0.4, 0.5) is 0 Å². The smallest absolute Gasteiger partial charge is 0.227 e. The molecule has 6 nitrogen and oxygen atoms in total. The fourth-order valence-electron chi connectivity index (χ4n) is 3.86. The molecule has 3 rings (SSSR count). The predicted molar refractivity (Wildman–Crippen MR) is 98.0 cm³/mol. The van der Waals surface area contributed by atoms with E-state index in [0.717, 1.165) is 5.56 Å². The van der Waals surface area contributed by atoms with E-state index in [9.17, 15) is 14.4 Å². The molecule has 1 atom stereocenters. The van der Waals surface area contributed by atoms with Crippen LogP contribution in [0.1, 0.15) is 24.8 Å². The summed E-state index contributed by atoms with van der Waals surface area (Å²) in [5.41, 5.74) is 1.08. The Hall–Kier alpha value is -2.37. The van der Waals surface area contributed by atoms with Gasteiger partial charge in [0.05, 0.1) is 5.92 Å². The Labute approximate surface area is 154 Å². The maximum Gasteiger partial charge on any atom is 0.227 e. The molecule has 1 aromatic rings. The van der Waals surface area contributed by atoms with Crippen LogP contribution >= 0.6 is 0 Å². The van der Waals surface area contributed by atoms with Crippen LogP contribution in [0, 0.1) is 11.8 Å². The minimum Gasteiger partial charge on any atom is -0.349 e. The van der Waals surface area contributed by atoms with Gasteiger partial charge < -0.3 is 14.7 Å². The van der Waals surface area contributed by atoms with E-state index in [1.54, 1.807) is 23.9 Å². The zero-order chi connectivity index (χ0) is 18.7. The normalized spacial score (nSPS) is 21.2. The number of rotatable bonds is 4. The van der Waals surface area contributed by atoms with Crippen molar-refractivity contribution in [3.8, 4) is 0 Å². The van der Waals surface area contributed by atoms with Gasteiger partial charge in [-0.15, -0.1) is 0 Å². The number of carbonyl (C=O) groups excluding carboxylic acids is 3.